The Morgan fingerprint density at radius 1 is 1.56 bits per heavy atom. The van der Waals surface area contributed by atoms with Crippen LogP contribution in [0.15, 0.2) is 6.20 Å². The minimum absolute atomic E-state index is 0.0246. The summed E-state index contributed by atoms with van der Waals surface area (Å²) >= 11 is 0. The van der Waals surface area contributed by atoms with E-state index < -0.39 is 0 Å². The first-order valence-corrected chi connectivity index (χ1v) is 5.48. The molecule has 16 heavy (non-hydrogen) atoms. The zero-order valence-electron chi connectivity index (χ0n) is 10.4. The predicted molar refractivity (Wildman–Crippen MR) is 62.9 cm³/mol. The van der Waals surface area contributed by atoms with Crippen molar-refractivity contribution in [1.82, 2.24) is 20.4 Å². The van der Waals surface area contributed by atoms with Crippen LogP contribution in [0.25, 0.3) is 0 Å². The number of carbonyl (C=O) groups excluding carboxylic acids is 1. The SMILES string of the molecule is Cc1c(CNCC(=O)NC(C)C)cnn1C. The zero-order chi connectivity index (χ0) is 12.1. The lowest BCUT2D eigenvalue weighted by atomic mass is 10.2. The highest BCUT2D eigenvalue weighted by atomic mass is 16.1. The Morgan fingerprint density at radius 2 is 2.25 bits per heavy atom. The number of amides is 1. The second-order valence-electron chi connectivity index (χ2n) is 4.20. The molecule has 1 heterocycles. The maximum Gasteiger partial charge on any atom is 0.234 e. The van der Waals surface area contributed by atoms with E-state index in [2.05, 4.69) is 15.7 Å². The molecule has 5 nitrogen and oxygen atoms in total. The Bertz CT molecular complexity index is 357. The van der Waals surface area contributed by atoms with Crippen molar-refractivity contribution in [2.24, 2.45) is 7.05 Å². The minimum atomic E-state index is 0.0246. The zero-order valence-corrected chi connectivity index (χ0v) is 10.4. The molecule has 1 amide bonds. The van der Waals surface area contributed by atoms with E-state index in [9.17, 15) is 4.79 Å². The molecule has 0 unspecified atom stereocenters. The van der Waals surface area contributed by atoms with Gasteiger partial charge < -0.3 is 10.6 Å². The van der Waals surface area contributed by atoms with E-state index >= 15 is 0 Å². The van der Waals surface area contributed by atoms with Crippen molar-refractivity contribution >= 4 is 5.91 Å². The maximum absolute atomic E-state index is 11.3. The van der Waals surface area contributed by atoms with Crippen LogP contribution < -0.4 is 10.6 Å². The summed E-state index contributed by atoms with van der Waals surface area (Å²) in [6.45, 7) is 6.92. The summed E-state index contributed by atoms with van der Waals surface area (Å²) in [7, 11) is 1.91. The van der Waals surface area contributed by atoms with Crippen molar-refractivity contribution in [3.05, 3.63) is 17.5 Å². The Labute approximate surface area is 96.2 Å². The lowest BCUT2D eigenvalue weighted by Crippen LogP contribution is -2.37. The number of carbonyl (C=O) groups is 1. The Kier molecular flexibility index (Phi) is 4.49. The Hall–Kier alpha value is -1.36. The van der Waals surface area contributed by atoms with E-state index in [1.54, 1.807) is 0 Å². The molecule has 0 atom stereocenters. The molecule has 1 aromatic heterocycles. The summed E-state index contributed by atoms with van der Waals surface area (Å²) < 4.78 is 1.82. The van der Waals surface area contributed by atoms with Crippen molar-refractivity contribution < 1.29 is 4.79 Å². The van der Waals surface area contributed by atoms with Crippen LogP contribution in [0.4, 0.5) is 0 Å². The van der Waals surface area contributed by atoms with Crippen molar-refractivity contribution in [2.75, 3.05) is 6.54 Å². The van der Waals surface area contributed by atoms with Gasteiger partial charge in [0.15, 0.2) is 0 Å². The largest absolute Gasteiger partial charge is 0.353 e. The van der Waals surface area contributed by atoms with E-state index in [0.29, 0.717) is 13.1 Å². The molecule has 0 aliphatic carbocycles. The summed E-state index contributed by atoms with van der Waals surface area (Å²) in [6, 6.07) is 0.189. The highest BCUT2D eigenvalue weighted by Crippen LogP contribution is 2.04. The number of rotatable bonds is 5. The first kappa shape index (κ1) is 12.7. The van der Waals surface area contributed by atoms with Gasteiger partial charge in [0.2, 0.25) is 5.91 Å². The Balaban J connectivity index is 2.31. The fourth-order valence-corrected chi connectivity index (χ4v) is 1.40. The van der Waals surface area contributed by atoms with E-state index in [-0.39, 0.29) is 11.9 Å². The summed E-state index contributed by atoms with van der Waals surface area (Å²) in [5.74, 6) is 0.0246. The van der Waals surface area contributed by atoms with Crippen molar-refractivity contribution in [3.8, 4) is 0 Å². The van der Waals surface area contributed by atoms with Gasteiger partial charge >= 0.3 is 0 Å². The molecular weight excluding hydrogens is 204 g/mol. The molecule has 0 spiro atoms. The van der Waals surface area contributed by atoms with Gasteiger partial charge in [-0.25, -0.2) is 0 Å². The summed E-state index contributed by atoms with van der Waals surface area (Å²) in [5, 5.41) is 10.1. The van der Waals surface area contributed by atoms with Gasteiger partial charge in [0.05, 0.1) is 12.7 Å². The highest BCUT2D eigenvalue weighted by Gasteiger charge is 2.05. The van der Waals surface area contributed by atoms with Crippen LogP contribution in [0.3, 0.4) is 0 Å². The monoisotopic (exact) mass is 224 g/mol. The number of nitrogens with one attached hydrogen (secondary N) is 2. The average molecular weight is 224 g/mol. The molecular formula is C11H20N4O. The van der Waals surface area contributed by atoms with Gasteiger partial charge in [0, 0.05) is 30.9 Å². The quantitative estimate of drug-likeness (QED) is 0.758. The molecule has 0 saturated heterocycles. The Morgan fingerprint density at radius 3 is 2.75 bits per heavy atom. The first-order chi connectivity index (χ1) is 7.50. The second-order valence-corrected chi connectivity index (χ2v) is 4.20. The van der Waals surface area contributed by atoms with Crippen LogP contribution in [0.1, 0.15) is 25.1 Å². The van der Waals surface area contributed by atoms with Crippen LogP contribution in [0, 0.1) is 6.92 Å². The number of hydrogen-bond donors (Lipinski definition) is 2. The van der Waals surface area contributed by atoms with Crippen LogP contribution in [-0.4, -0.2) is 28.3 Å². The van der Waals surface area contributed by atoms with E-state index in [1.807, 2.05) is 38.7 Å². The fraction of sp³-hybridized carbons (Fsp3) is 0.636. The minimum Gasteiger partial charge on any atom is -0.353 e. The summed E-state index contributed by atoms with van der Waals surface area (Å²) in [4.78, 5) is 11.3. The summed E-state index contributed by atoms with van der Waals surface area (Å²) in [6.07, 6.45) is 1.82. The van der Waals surface area contributed by atoms with Gasteiger partial charge in [0.1, 0.15) is 0 Å². The van der Waals surface area contributed by atoms with Gasteiger partial charge in [-0.15, -0.1) is 0 Å². The molecule has 0 fully saturated rings. The van der Waals surface area contributed by atoms with Gasteiger partial charge in [-0.3, -0.25) is 9.48 Å². The molecule has 0 saturated carbocycles. The lowest BCUT2D eigenvalue weighted by Gasteiger charge is -2.08. The topological polar surface area (TPSA) is 59.0 Å². The van der Waals surface area contributed by atoms with Crippen LogP contribution in [-0.2, 0) is 18.4 Å². The molecule has 0 aliphatic rings. The molecule has 0 aliphatic heterocycles. The smallest absolute Gasteiger partial charge is 0.234 e. The molecule has 0 radical (unpaired) electrons. The van der Waals surface area contributed by atoms with Crippen LogP contribution in [0.5, 0.6) is 0 Å². The molecule has 1 aromatic rings. The van der Waals surface area contributed by atoms with Gasteiger partial charge in [-0.2, -0.15) is 5.10 Å². The van der Waals surface area contributed by atoms with Crippen molar-refractivity contribution in [3.63, 3.8) is 0 Å². The van der Waals surface area contributed by atoms with Crippen LogP contribution in [0.2, 0.25) is 0 Å². The molecule has 90 valence electrons. The van der Waals surface area contributed by atoms with Gasteiger partial charge in [0.25, 0.3) is 0 Å². The molecule has 5 heteroatoms. The second kappa shape index (κ2) is 5.65. The third-order valence-corrected chi connectivity index (χ3v) is 2.39. The molecule has 1 rings (SSSR count). The number of aromatic nitrogens is 2. The van der Waals surface area contributed by atoms with Gasteiger partial charge in [-0.1, -0.05) is 0 Å². The summed E-state index contributed by atoms with van der Waals surface area (Å²) in [5.41, 5.74) is 2.25. The maximum atomic E-state index is 11.3. The lowest BCUT2D eigenvalue weighted by molar-refractivity contribution is -0.120. The molecule has 0 bridgehead atoms. The van der Waals surface area contributed by atoms with Crippen molar-refractivity contribution in [2.45, 2.75) is 33.4 Å². The fourth-order valence-electron chi connectivity index (χ4n) is 1.40. The number of nitrogens with zero attached hydrogens (tertiary/aromatic N) is 2. The van der Waals surface area contributed by atoms with Crippen molar-refractivity contribution in [1.29, 1.82) is 0 Å². The first-order valence-electron chi connectivity index (χ1n) is 5.48. The van der Waals surface area contributed by atoms with Gasteiger partial charge in [-0.05, 0) is 20.8 Å². The third kappa shape index (κ3) is 3.66. The third-order valence-electron chi connectivity index (χ3n) is 2.39. The number of hydrogen-bond acceptors (Lipinski definition) is 3. The highest BCUT2D eigenvalue weighted by molar-refractivity contribution is 5.78. The molecule has 2 N–H and O–H groups in total. The number of aryl methyl sites for hydroxylation is 1. The van der Waals surface area contributed by atoms with Crippen LogP contribution >= 0.6 is 0 Å². The average Bonchev–Trinajstić information content (AvgIpc) is 2.48. The van der Waals surface area contributed by atoms with E-state index in [0.717, 1.165) is 11.3 Å². The molecule has 0 aromatic carbocycles. The standard InChI is InChI=1S/C11H20N4O/c1-8(2)14-11(16)7-12-5-10-6-13-15(4)9(10)3/h6,8,12H,5,7H2,1-4H3,(H,14,16). The van der Waals surface area contributed by atoms with E-state index in [4.69, 9.17) is 0 Å². The predicted octanol–water partition coefficient (Wildman–Crippen LogP) is 0.343. The van der Waals surface area contributed by atoms with E-state index in [1.165, 1.54) is 0 Å². The normalized spacial score (nSPS) is 10.8.